The largest absolute Gasteiger partial charge is 0.436 e. The normalized spacial score (nSPS) is 14.7. The highest BCUT2D eigenvalue weighted by atomic mass is 35.5. The van der Waals surface area contributed by atoms with Crippen molar-refractivity contribution in [2.24, 2.45) is 0 Å². The van der Waals surface area contributed by atoms with E-state index in [1.807, 2.05) is 17.0 Å². The number of nitrogen functional groups attached to an aromatic ring is 1. The van der Waals surface area contributed by atoms with Gasteiger partial charge < -0.3 is 30.7 Å². The molecule has 3 N–H and O–H groups in total. The van der Waals surface area contributed by atoms with Gasteiger partial charge in [-0.2, -0.15) is 36.5 Å². The number of amides is 3. The van der Waals surface area contributed by atoms with E-state index in [-0.39, 0.29) is 49.6 Å². The quantitative estimate of drug-likeness (QED) is 0.141. The lowest BCUT2D eigenvalue weighted by atomic mass is 10.2. The third kappa shape index (κ3) is 11.4. The monoisotopic (exact) mass is 928 g/mol. The maximum Gasteiger partial charge on any atom is 0.436 e. The summed E-state index contributed by atoms with van der Waals surface area (Å²) in [6.07, 6.45) is -9.35. The average molecular weight is 931 g/mol. The van der Waals surface area contributed by atoms with Crippen molar-refractivity contribution in [1.29, 1.82) is 0 Å². The van der Waals surface area contributed by atoms with Crippen molar-refractivity contribution in [1.82, 2.24) is 29.4 Å². The zero-order valence-corrected chi connectivity index (χ0v) is 34.7. The maximum absolute atomic E-state index is 13.0. The van der Waals surface area contributed by atoms with Gasteiger partial charge in [-0.05, 0) is 50.2 Å². The molecule has 2 saturated heterocycles. The number of benzene rings is 2. The van der Waals surface area contributed by atoms with Gasteiger partial charge >= 0.3 is 12.4 Å². The fraction of sp³-hybridized carbons (Fsp3) is 0.432. The fourth-order valence-electron chi connectivity index (χ4n) is 6.33. The number of aromatic nitrogens is 4. The first-order chi connectivity index (χ1) is 27.5. The first kappa shape index (κ1) is 48.1. The predicted molar refractivity (Wildman–Crippen MR) is 220 cm³/mol. The summed E-state index contributed by atoms with van der Waals surface area (Å²) in [6.45, 7) is 7.36. The summed E-state index contributed by atoms with van der Waals surface area (Å²) in [4.78, 5) is 43.7. The van der Waals surface area contributed by atoms with Crippen LogP contribution in [0.3, 0.4) is 0 Å². The van der Waals surface area contributed by atoms with Crippen LogP contribution >= 0.6 is 46.4 Å². The Bertz CT molecular complexity index is 2200. The van der Waals surface area contributed by atoms with Gasteiger partial charge in [0.25, 0.3) is 0 Å². The molecule has 0 aliphatic carbocycles. The summed E-state index contributed by atoms with van der Waals surface area (Å²) in [7, 11) is 0. The van der Waals surface area contributed by atoms with Gasteiger partial charge in [0.05, 0.1) is 42.9 Å². The van der Waals surface area contributed by atoms with Crippen molar-refractivity contribution in [2.75, 3.05) is 73.2 Å². The number of alkyl halides is 6. The zero-order chi connectivity index (χ0) is 43.6. The summed E-state index contributed by atoms with van der Waals surface area (Å²) in [5.74, 6) is -0.894. The van der Waals surface area contributed by atoms with E-state index in [4.69, 9.17) is 52.1 Å². The second-order valence-corrected chi connectivity index (χ2v) is 15.2. The van der Waals surface area contributed by atoms with Gasteiger partial charge in [-0.1, -0.05) is 53.8 Å². The summed E-state index contributed by atoms with van der Waals surface area (Å²) >= 11 is 23.5. The van der Waals surface area contributed by atoms with Gasteiger partial charge in [-0.25, -0.2) is 0 Å². The Labute approximate surface area is 361 Å². The Morgan fingerprint density at radius 1 is 0.667 bits per heavy atom. The Morgan fingerprint density at radius 2 is 1.05 bits per heavy atom. The molecule has 2 aliphatic heterocycles. The summed E-state index contributed by atoms with van der Waals surface area (Å²) in [6, 6.07) is 10.6. The lowest BCUT2D eigenvalue weighted by molar-refractivity contribution is -0.142. The van der Waals surface area contributed by atoms with Gasteiger partial charge in [0.1, 0.15) is 13.1 Å². The van der Waals surface area contributed by atoms with E-state index in [9.17, 15) is 40.7 Å². The molecule has 3 amide bonds. The van der Waals surface area contributed by atoms with E-state index in [1.54, 1.807) is 34.1 Å². The van der Waals surface area contributed by atoms with Crippen LogP contribution in [0, 0.1) is 13.8 Å². The number of nitrogens with one attached hydrogen (secondary N) is 1. The number of anilines is 4. The number of nitrogens with two attached hydrogens (primary N) is 1. The van der Waals surface area contributed by atoms with E-state index in [2.05, 4.69) is 20.4 Å². The van der Waals surface area contributed by atoms with E-state index in [0.29, 0.717) is 73.8 Å². The van der Waals surface area contributed by atoms with Gasteiger partial charge in [0, 0.05) is 70.7 Å². The first-order valence-corrected chi connectivity index (χ1v) is 19.3. The highest BCUT2D eigenvalue weighted by Crippen LogP contribution is 2.37. The SMILES string of the molecule is C.CC(=O)Nc1cc(N2CCN(C(=O)Cn3nc(C(F)(F)F)c(Cl)c3C)CC2)ccc1Cl.Cc1c(Cl)c(C(F)(F)F)nn1CC(=O)N1CCN(c2ccc(Cl)c(N)c2)CC1. The van der Waals surface area contributed by atoms with Crippen molar-refractivity contribution in [3.63, 3.8) is 0 Å². The number of hydrogen-bond donors (Lipinski definition) is 2. The minimum absolute atomic E-state index is 0. The molecule has 2 aromatic heterocycles. The first-order valence-electron chi connectivity index (χ1n) is 17.8. The van der Waals surface area contributed by atoms with Crippen LogP contribution in [0.1, 0.15) is 37.1 Å². The molecule has 0 radical (unpaired) electrons. The van der Waals surface area contributed by atoms with Gasteiger partial charge in [0.2, 0.25) is 17.7 Å². The highest BCUT2D eigenvalue weighted by molar-refractivity contribution is 6.34. The van der Waals surface area contributed by atoms with Crippen LogP contribution in [0.2, 0.25) is 20.1 Å². The number of halogens is 10. The van der Waals surface area contributed by atoms with Crippen molar-refractivity contribution < 1.29 is 40.7 Å². The molecule has 13 nitrogen and oxygen atoms in total. The number of piperazine rings is 2. The van der Waals surface area contributed by atoms with E-state index >= 15 is 0 Å². The number of carbonyl (C=O) groups excluding carboxylic acids is 3. The molecule has 2 aromatic carbocycles. The summed E-state index contributed by atoms with van der Waals surface area (Å²) in [5.41, 5.74) is 6.37. The molecule has 328 valence electrons. The molecule has 2 aliphatic rings. The average Bonchev–Trinajstić information content (AvgIpc) is 3.63. The molecule has 0 unspecified atom stereocenters. The number of carbonyl (C=O) groups is 3. The molecule has 4 heterocycles. The fourth-order valence-corrected chi connectivity index (χ4v) is 7.09. The van der Waals surface area contributed by atoms with Crippen molar-refractivity contribution in [3.05, 3.63) is 79.3 Å². The highest BCUT2D eigenvalue weighted by Gasteiger charge is 2.40. The molecule has 60 heavy (non-hydrogen) atoms. The van der Waals surface area contributed by atoms with Crippen molar-refractivity contribution in [3.8, 4) is 0 Å². The molecule has 0 atom stereocenters. The van der Waals surface area contributed by atoms with Crippen LogP contribution in [-0.4, -0.2) is 99.4 Å². The molecular weight excluding hydrogens is 888 g/mol. The van der Waals surface area contributed by atoms with Crippen LogP contribution in [0.15, 0.2) is 36.4 Å². The topological polar surface area (TPSA) is 138 Å². The number of nitrogens with zero attached hydrogens (tertiary/aromatic N) is 8. The molecule has 0 spiro atoms. The molecule has 23 heteroatoms. The Morgan fingerprint density at radius 3 is 1.40 bits per heavy atom. The third-order valence-corrected chi connectivity index (χ3v) is 11.2. The molecule has 0 saturated carbocycles. The summed E-state index contributed by atoms with van der Waals surface area (Å²) < 4.78 is 79.6. The Kier molecular flexibility index (Phi) is 15.6. The van der Waals surface area contributed by atoms with Crippen LogP contribution in [0.5, 0.6) is 0 Å². The standard InChI is InChI=1S/C19H20Cl2F3N5O2.C17H18Cl2F3N5O.CH4/c1-11-17(21)18(19(22,23)24)26-29(11)10-16(31)28-7-5-27(6-8-28)13-3-4-14(20)15(9-13)25-12(2)30;1-10-15(19)16(17(20,21)22)24-27(10)9-14(28)26-6-4-25(5-7-26)11-2-3-12(18)13(23)8-11;/h3-4,9H,5-8,10H2,1-2H3,(H,25,30);2-3,8H,4-7,9,23H2,1H3;1H4. The maximum atomic E-state index is 13.0. The zero-order valence-electron chi connectivity index (χ0n) is 31.7. The van der Waals surface area contributed by atoms with Crippen LogP contribution in [0.25, 0.3) is 0 Å². The van der Waals surface area contributed by atoms with E-state index < -0.39 is 33.8 Å². The summed E-state index contributed by atoms with van der Waals surface area (Å²) in [5, 5.41) is 9.53. The second-order valence-electron chi connectivity index (χ2n) is 13.6. The van der Waals surface area contributed by atoms with E-state index in [0.717, 1.165) is 20.7 Å². The number of rotatable bonds is 7. The lowest BCUT2D eigenvalue weighted by Crippen LogP contribution is -2.49. The van der Waals surface area contributed by atoms with Gasteiger partial charge in [-0.15, -0.1) is 0 Å². The molecule has 2 fully saturated rings. The van der Waals surface area contributed by atoms with E-state index in [1.165, 1.54) is 20.8 Å². The van der Waals surface area contributed by atoms with Crippen molar-refractivity contribution in [2.45, 2.75) is 53.6 Å². The minimum atomic E-state index is -4.68. The van der Waals surface area contributed by atoms with Crippen LogP contribution in [0.4, 0.5) is 49.1 Å². The minimum Gasteiger partial charge on any atom is -0.397 e. The molecule has 4 aromatic rings. The lowest BCUT2D eigenvalue weighted by Gasteiger charge is -2.36. The molecule has 0 bridgehead atoms. The van der Waals surface area contributed by atoms with Crippen LogP contribution < -0.4 is 20.9 Å². The Balaban J connectivity index is 0.000000262. The van der Waals surface area contributed by atoms with Crippen LogP contribution in [-0.2, 0) is 39.8 Å². The van der Waals surface area contributed by atoms with Crippen molar-refractivity contribution >= 4 is 86.9 Å². The smallest absolute Gasteiger partial charge is 0.397 e. The molecular formula is C37H42Cl4F6N10O3. The number of hydrogen-bond acceptors (Lipinski definition) is 8. The third-order valence-electron chi connectivity index (χ3n) is 9.61. The molecule has 6 rings (SSSR count). The van der Waals surface area contributed by atoms with Gasteiger partial charge in [-0.3, -0.25) is 23.7 Å². The Hall–Kier alpha value is -4.59. The van der Waals surface area contributed by atoms with Gasteiger partial charge in [0.15, 0.2) is 11.4 Å². The second kappa shape index (κ2) is 19.4. The predicted octanol–water partition coefficient (Wildman–Crippen LogP) is 7.91.